The molecule has 3 aliphatic heterocycles. The summed E-state index contributed by atoms with van der Waals surface area (Å²) in [5, 5.41) is 22.3. The zero-order valence-electron chi connectivity index (χ0n) is 32.8. The van der Waals surface area contributed by atoms with Crippen molar-refractivity contribution in [1.82, 2.24) is 58.6 Å². The molecule has 9 N–H and O–H groups in total. The van der Waals surface area contributed by atoms with E-state index in [9.17, 15) is 38.6 Å². The topological polar surface area (TPSA) is 464 Å². The van der Waals surface area contributed by atoms with E-state index in [2.05, 4.69) is 49.4 Å². The number of hydrogen-bond acceptors (Lipinski definition) is 28. The Morgan fingerprint density at radius 2 is 1.08 bits per heavy atom. The number of aromatic nitrogens is 12. The Bertz CT molecular complexity index is 2870. The highest BCUT2D eigenvalue weighted by atomic mass is 31.2. The third-order valence-corrected chi connectivity index (χ3v) is 12.8. The van der Waals surface area contributed by atoms with Gasteiger partial charge in [0.1, 0.15) is 66.1 Å². The predicted octanol–water partition coefficient (Wildman–Crippen LogP) is -3.34. The summed E-state index contributed by atoms with van der Waals surface area (Å²) in [5.74, 6) is -0.00225. The average molecular weight is 971 g/mol. The molecule has 3 saturated heterocycles. The molecule has 6 aromatic rings. The van der Waals surface area contributed by atoms with Gasteiger partial charge in [0.15, 0.2) is 53.1 Å². The van der Waals surface area contributed by atoms with Gasteiger partial charge < -0.3 is 83.8 Å². The number of aliphatic hydroxyl groups excluding tert-OH is 2. The molecule has 3 unspecified atom stereocenters. The monoisotopic (exact) mass is 970 g/mol. The van der Waals surface area contributed by atoms with Crippen molar-refractivity contribution in [1.29, 1.82) is 0 Å². The van der Waals surface area contributed by atoms with Gasteiger partial charge in [0.05, 0.1) is 51.0 Å². The number of anilines is 3. The first kappa shape index (κ1) is 45.3. The number of rotatable bonds is 16. The van der Waals surface area contributed by atoms with Crippen molar-refractivity contribution in [2.75, 3.05) is 37.0 Å². The number of ether oxygens (including phenoxy) is 3. The van der Waals surface area contributed by atoms with Gasteiger partial charge in [0, 0.05) is 12.8 Å². The lowest BCUT2D eigenvalue weighted by atomic mass is 10.1. The number of imidazole rings is 3. The Morgan fingerprint density at radius 3 is 1.63 bits per heavy atom. The van der Waals surface area contributed by atoms with Crippen molar-refractivity contribution in [3.05, 3.63) is 38.0 Å². The molecule has 6 aromatic heterocycles. The van der Waals surface area contributed by atoms with E-state index in [0.29, 0.717) is 0 Å². The number of aliphatic hydroxyl groups is 2. The zero-order chi connectivity index (χ0) is 46.0. The number of phosphoric ester groups is 3. The van der Waals surface area contributed by atoms with Gasteiger partial charge in [-0.25, -0.2) is 44.9 Å². The van der Waals surface area contributed by atoms with Crippen LogP contribution < -0.4 is 31.9 Å². The van der Waals surface area contributed by atoms with E-state index in [1.165, 1.54) is 28.1 Å². The molecule has 0 aromatic carbocycles. The fourth-order valence-corrected chi connectivity index (χ4v) is 9.71. The summed E-state index contributed by atoms with van der Waals surface area (Å²) in [6.07, 6.45) is -7.87. The smallest absolute Gasteiger partial charge is 0.268 e. The van der Waals surface area contributed by atoms with E-state index in [1.54, 1.807) is 0 Å². The molecule has 0 bridgehead atoms. The molecule has 350 valence electrons. The Labute approximate surface area is 362 Å². The Morgan fingerprint density at radius 1 is 0.615 bits per heavy atom. The highest BCUT2D eigenvalue weighted by molar-refractivity contribution is 7.46. The molecule has 32 nitrogen and oxygen atoms in total. The first-order valence-electron chi connectivity index (χ1n) is 18.9. The summed E-state index contributed by atoms with van der Waals surface area (Å²) < 4.78 is 85.2. The lowest BCUT2D eigenvalue weighted by Gasteiger charge is -2.31. The minimum absolute atomic E-state index is 0.00202. The molecule has 0 amide bonds. The van der Waals surface area contributed by atoms with Gasteiger partial charge in [0.25, 0.3) is 23.5 Å². The molecule has 3 fully saturated rings. The largest absolute Gasteiger partial charge is 0.756 e. The van der Waals surface area contributed by atoms with Crippen LogP contribution in [0.2, 0.25) is 0 Å². The van der Waals surface area contributed by atoms with E-state index >= 15 is 0 Å². The van der Waals surface area contributed by atoms with Crippen LogP contribution in [-0.2, 0) is 50.5 Å². The van der Waals surface area contributed by atoms with Crippen LogP contribution in [0.25, 0.3) is 33.5 Å². The van der Waals surface area contributed by atoms with Gasteiger partial charge in [-0.3, -0.25) is 27.4 Å². The van der Waals surface area contributed by atoms with Gasteiger partial charge >= 0.3 is 0 Å². The molecule has 13 atom stereocenters. The van der Waals surface area contributed by atoms with Gasteiger partial charge in [-0.2, -0.15) is 0 Å². The Balaban J connectivity index is 0.900. The number of nitrogen functional groups attached to an aromatic ring is 3. The summed E-state index contributed by atoms with van der Waals surface area (Å²) in [4.78, 5) is 83.7. The summed E-state index contributed by atoms with van der Waals surface area (Å²) >= 11 is 0. The van der Waals surface area contributed by atoms with Crippen molar-refractivity contribution in [2.45, 2.75) is 74.3 Å². The third kappa shape index (κ3) is 9.31. The van der Waals surface area contributed by atoms with Gasteiger partial charge in [0.2, 0.25) is 0 Å². The fraction of sp³-hybridized carbons (Fsp3) is 0.500. The standard InChI is InChI=1S/C30H38N15O17P3/c31-22-17-25(37-6-34-22)43(9-40-17)28-14(46)1-12(58-28)4-56-65(53,54)62-21-20(47)16(60-30(21)45-11-42-19-24(33)36-8-39-27(19)45)5-57-64(51,52)61-15-2-13(3-55-63(48,49)50)59-29(15)44-10-41-18-23(32)35-7-38-26(18)44/h6-16,20-21,28-30,46-47H,1-5H2,(H,51,52)(H,53,54)(H2,31,34,37)(H2,32,35,38)(H2,33,36,39)(H2,48,49,50)/p-3/t12-,13-,14+,15+,16+,20+,21+,28+,29+,30+/m0/s1. The molecule has 9 heterocycles. The lowest BCUT2D eigenvalue weighted by molar-refractivity contribution is -0.237. The van der Waals surface area contributed by atoms with E-state index in [-0.39, 0.29) is 63.8 Å². The second-order valence-corrected chi connectivity index (χ2v) is 18.5. The predicted molar refractivity (Wildman–Crippen MR) is 205 cm³/mol. The van der Waals surface area contributed by atoms with E-state index in [1.807, 2.05) is 0 Å². The normalized spacial score (nSPS) is 30.0. The molecule has 0 saturated carbocycles. The summed E-state index contributed by atoms with van der Waals surface area (Å²) in [6, 6.07) is 0. The number of hydrogen-bond donors (Lipinski definition) is 6. The molecule has 0 spiro atoms. The van der Waals surface area contributed by atoms with Crippen LogP contribution in [0.3, 0.4) is 0 Å². The number of nitrogens with two attached hydrogens (primary N) is 3. The Hall–Kier alpha value is -4.82. The average Bonchev–Trinajstić information content (AvgIpc) is 4.11. The lowest BCUT2D eigenvalue weighted by Crippen LogP contribution is -2.37. The maximum atomic E-state index is 13.5. The first-order chi connectivity index (χ1) is 30.8. The Kier molecular flexibility index (Phi) is 12.2. The second-order valence-electron chi connectivity index (χ2n) is 14.6. The van der Waals surface area contributed by atoms with Gasteiger partial charge in [-0.05, 0) is 0 Å². The molecular formula is C30H35N15O17P3-3. The minimum Gasteiger partial charge on any atom is -0.756 e. The third-order valence-electron chi connectivity index (χ3n) is 10.4. The number of phosphoric acid groups is 3. The van der Waals surface area contributed by atoms with Crippen molar-refractivity contribution in [2.24, 2.45) is 0 Å². The van der Waals surface area contributed by atoms with Crippen LogP contribution in [0, 0.1) is 0 Å². The van der Waals surface area contributed by atoms with E-state index in [4.69, 9.17) is 54.4 Å². The molecule has 35 heteroatoms. The summed E-state index contributed by atoms with van der Waals surface area (Å²) in [7, 11) is -16.1. The molecule has 3 aliphatic rings. The van der Waals surface area contributed by atoms with E-state index < -0.39 is 105 Å². The van der Waals surface area contributed by atoms with Gasteiger partial charge in [-0.15, -0.1) is 0 Å². The van der Waals surface area contributed by atoms with E-state index in [0.717, 1.165) is 23.5 Å². The van der Waals surface area contributed by atoms with Crippen LogP contribution in [-0.4, -0.2) is 136 Å². The SMILES string of the molecule is Nc1ncnc2c1ncn2[C@@H]1O[C@H](COP(=O)([O-])O[C@@H]2C[C@@H](COP(=O)([O-])O)O[C@H]2n2cnc3c(N)ncnc32)[C@@H](O)[C@H]1OP(=O)([O-])OC[C@@H]1C[C@@H](O)[C@H](n2cnc3c(N)ncnc32)O1. The van der Waals surface area contributed by atoms with Crippen LogP contribution in [0.15, 0.2) is 38.0 Å². The fourth-order valence-electron chi connectivity index (χ4n) is 7.50. The van der Waals surface area contributed by atoms with Gasteiger partial charge in [-0.1, -0.05) is 0 Å². The van der Waals surface area contributed by atoms with Crippen molar-refractivity contribution in [3.63, 3.8) is 0 Å². The van der Waals surface area contributed by atoms with Crippen molar-refractivity contribution >= 4 is 74.4 Å². The molecule has 65 heavy (non-hydrogen) atoms. The number of nitrogens with zero attached hydrogens (tertiary/aromatic N) is 12. The first-order valence-corrected chi connectivity index (χ1v) is 23.3. The quantitative estimate of drug-likeness (QED) is 0.0516. The summed E-state index contributed by atoms with van der Waals surface area (Å²) in [5.41, 5.74) is 18.5. The second kappa shape index (κ2) is 17.4. The maximum absolute atomic E-state index is 13.5. The zero-order valence-corrected chi connectivity index (χ0v) is 35.5. The van der Waals surface area contributed by atoms with Crippen LogP contribution >= 0.6 is 23.5 Å². The maximum Gasteiger partial charge on any atom is 0.268 e. The molecule has 0 radical (unpaired) electrons. The van der Waals surface area contributed by atoms with Crippen molar-refractivity contribution in [3.8, 4) is 0 Å². The van der Waals surface area contributed by atoms with Crippen LogP contribution in [0.4, 0.5) is 17.5 Å². The van der Waals surface area contributed by atoms with Crippen LogP contribution in [0.1, 0.15) is 31.5 Å². The number of fused-ring (bicyclic) bond motifs is 3. The van der Waals surface area contributed by atoms with Crippen molar-refractivity contribution < 1.29 is 80.3 Å². The highest BCUT2D eigenvalue weighted by Gasteiger charge is 2.49. The molecule has 0 aliphatic carbocycles. The van der Waals surface area contributed by atoms with Crippen LogP contribution in [0.5, 0.6) is 0 Å². The summed E-state index contributed by atoms with van der Waals surface area (Å²) in [6.45, 7) is -2.42. The molecule has 9 rings (SSSR count). The molecular weight excluding hydrogens is 935 g/mol. The minimum atomic E-state index is -5.47. The highest BCUT2D eigenvalue weighted by Crippen LogP contribution is 2.50.